The first-order valence-corrected chi connectivity index (χ1v) is 20.9. The van der Waals surface area contributed by atoms with Crippen molar-refractivity contribution >= 4 is 34.3 Å². The van der Waals surface area contributed by atoms with Crippen LogP contribution >= 0.6 is 0 Å². The summed E-state index contributed by atoms with van der Waals surface area (Å²) >= 11 is 0. The molecular formula is C58H43N3. The number of hydrogen-bond donors (Lipinski definition) is 2. The standard InChI is InChI=1S/C58H43N3/c59-57(48-25-14-5-15-26-48)56(47-23-12-4-13-24-47)58-55-49(37-54(61-58)46-21-10-3-11-22-46)27-16-28-51(55)43-35-33-41(34-36-43)40-29-31-42(32-30-40)50-38-52(44-17-6-1-7-18-44)60-53(39-50)45-19-8-2-9-20-45/h1,3-8,10-39,59,61H,2,9H2/b58-56-,59-57?. The fourth-order valence-electron chi connectivity index (χ4n) is 8.43. The predicted octanol–water partition coefficient (Wildman–Crippen LogP) is 14.5. The van der Waals surface area contributed by atoms with Gasteiger partial charge in [0.1, 0.15) is 0 Å². The van der Waals surface area contributed by atoms with Crippen molar-refractivity contribution in [2.75, 3.05) is 0 Å². The normalized spacial score (nSPS) is 14.0. The number of allylic oxidation sites excluding steroid dienone is 5. The first-order valence-electron chi connectivity index (χ1n) is 20.9. The Morgan fingerprint density at radius 1 is 0.475 bits per heavy atom. The van der Waals surface area contributed by atoms with Gasteiger partial charge in [-0.15, -0.1) is 0 Å². The second kappa shape index (κ2) is 16.8. The van der Waals surface area contributed by atoms with Crippen molar-refractivity contribution < 1.29 is 0 Å². The summed E-state index contributed by atoms with van der Waals surface area (Å²) in [6.07, 6.45) is 11.1. The number of rotatable bonds is 9. The third kappa shape index (κ3) is 7.73. The zero-order valence-corrected chi connectivity index (χ0v) is 33.7. The summed E-state index contributed by atoms with van der Waals surface area (Å²) in [6.45, 7) is 0. The molecule has 0 spiro atoms. The zero-order valence-electron chi connectivity index (χ0n) is 33.7. The number of aromatic nitrogens is 1. The topological polar surface area (TPSA) is 48.8 Å². The van der Waals surface area contributed by atoms with Crippen LogP contribution in [0.4, 0.5) is 0 Å². The Morgan fingerprint density at radius 2 is 1.03 bits per heavy atom. The number of benzene rings is 7. The molecule has 3 heteroatoms. The second-order valence-corrected chi connectivity index (χ2v) is 15.5. The summed E-state index contributed by atoms with van der Waals surface area (Å²) in [7, 11) is 0. The molecule has 1 aliphatic heterocycles. The first kappa shape index (κ1) is 37.4. The molecule has 1 aromatic heterocycles. The van der Waals surface area contributed by atoms with Crippen molar-refractivity contribution in [3.63, 3.8) is 0 Å². The lowest BCUT2D eigenvalue weighted by Crippen LogP contribution is -2.21. The van der Waals surface area contributed by atoms with Crippen molar-refractivity contribution in [2.45, 2.75) is 12.8 Å². The van der Waals surface area contributed by atoms with Crippen LogP contribution in [-0.4, -0.2) is 10.7 Å². The molecule has 8 aromatic rings. The third-order valence-corrected chi connectivity index (χ3v) is 11.5. The van der Waals surface area contributed by atoms with E-state index in [0.717, 1.165) is 108 Å². The molecule has 0 bridgehead atoms. The fraction of sp³-hybridized carbons (Fsp3) is 0.0345. The van der Waals surface area contributed by atoms with Gasteiger partial charge in [0.25, 0.3) is 0 Å². The van der Waals surface area contributed by atoms with Crippen LogP contribution in [0, 0.1) is 5.41 Å². The van der Waals surface area contributed by atoms with Gasteiger partial charge in [0.2, 0.25) is 0 Å². The van der Waals surface area contributed by atoms with Crippen LogP contribution in [0.2, 0.25) is 0 Å². The van der Waals surface area contributed by atoms with Gasteiger partial charge < -0.3 is 5.32 Å². The van der Waals surface area contributed by atoms with Crippen molar-refractivity contribution in [3.05, 3.63) is 252 Å². The molecule has 0 unspecified atom stereocenters. The minimum Gasteiger partial charge on any atom is -0.354 e. The van der Waals surface area contributed by atoms with E-state index in [0.29, 0.717) is 5.71 Å². The van der Waals surface area contributed by atoms with E-state index < -0.39 is 0 Å². The summed E-state index contributed by atoms with van der Waals surface area (Å²) in [5.74, 6) is 0. The van der Waals surface area contributed by atoms with Gasteiger partial charge in [0.05, 0.1) is 22.8 Å². The molecule has 0 radical (unpaired) electrons. The lowest BCUT2D eigenvalue weighted by Gasteiger charge is -2.28. The molecule has 2 aliphatic rings. The van der Waals surface area contributed by atoms with Crippen LogP contribution in [0.3, 0.4) is 0 Å². The lowest BCUT2D eigenvalue weighted by molar-refractivity contribution is 1.04. The van der Waals surface area contributed by atoms with E-state index in [2.05, 4.69) is 169 Å². The summed E-state index contributed by atoms with van der Waals surface area (Å²) in [6, 6.07) is 70.0. The van der Waals surface area contributed by atoms with E-state index in [1.807, 2.05) is 60.7 Å². The average Bonchev–Trinajstić information content (AvgIpc) is 3.35. The van der Waals surface area contributed by atoms with Gasteiger partial charge in [-0.1, -0.05) is 206 Å². The van der Waals surface area contributed by atoms with Crippen LogP contribution in [0.1, 0.15) is 46.4 Å². The van der Waals surface area contributed by atoms with Gasteiger partial charge in [0, 0.05) is 28.0 Å². The SMILES string of the molecule is N=C(/C(=C1\NC(c2ccccc2)=Cc2cccc(-c3ccc(-c4ccc(-c5cc(C6=CCCC=C6)nc(-c6ccccc6)c5)cc4)cc3)c21)c1ccccc1)c1ccccc1. The summed E-state index contributed by atoms with van der Waals surface area (Å²) in [5.41, 5.74) is 19.4. The zero-order chi connectivity index (χ0) is 41.0. The maximum Gasteiger partial charge on any atom is 0.0715 e. The van der Waals surface area contributed by atoms with Crippen LogP contribution in [0.15, 0.2) is 218 Å². The molecule has 0 fully saturated rings. The third-order valence-electron chi connectivity index (χ3n) is 11.5. The van der Waals surface area contributed by atoms with E-state index >= 15 is 0 Å². The molecule has 0 saturated heterocycles. The smallest absolute Gasteiger partial charge is 0.0715 e. The molecule has 290 valence electrons. The van der Waals surface area contributed by atoms with Crippen molar-refractivity contribution in [2.24, 2.45) is 0 Å². The van der Waals surface area contributed by atoms with Crippen LogP contribution in [0.5, 0.6) is 0 Å². The molecular weight excluding hydrogens is 739 g/mol. The van der Waals surface area contributed by atoms with E-state index in [9.17, 15) is 5.41 Å². The molecule has 10 rings (SSSR count). The van der Waals surface area contributed by atoms with Gasteiger partial charge >= 0.3 is 0 Å². The number of hydrogen-bond acceptors (Lipinski definition) is 3. The summed E-state index contributed by atoms with van der Waals surface area (Å²) in [4.78, 5) is 5.11. The van der Waals surface area contributed by atoms with E-state index in [-0.39, 0.29) is 0 Å². The highest BCUT2D eigenvalue weighted by Crippen LogP contribution is 2.42. The molecule has 0 saturated carbocycles. The number of pyridine rings is 1. The molecule has 7 aromatic carbocycles. The first-order chi connectivity index (χ1) is 30.2. The Labute approximate surface area is 358 Å². The number of nitrogens with zero attached hydrogens (tertiary/aromatic N) is 1. The highest BCUT2D eigenvalue weighted by atomic mass is 14.9. The monoisotopic (exact) mass is 781 g/mol. The van der Waals surface area contributed by atoms with Crippen molar-refractivity contribution in [1.82, 2.24) is 10.3 Å². The Kier molecular flexibility index (Phi) is 10.3. The maximum atomic E-state index is 9.72. The maximum absolute atomic E-state index is 9.72. The summed E-state index contributed by atoms with van der Waals surface area (Å²) < 4.78 is 0. The molecule has 0 amide bonds. The molecule has 2 N–H and O–H groups in total. The Hall–Kier alpha value is -7.88. The lowest BCUT2D eigenvalue weighted by atomic mass is 9.84. The minimum absolute atomic E-state index is 0.463. The molecule has 0 atom stereocenters. The van der Waals surface area contributed by atoms with E-state index in [1.54, 1.807) is 0 Å². The highest BCUT2D eigenvalue weighted by molar-refractivity contribution is 6.36. The Bertz CT molecular complexity index is 2990. The van der Waals surface area contributed by atoms with Gasteiger partial charge in [-0.3, -0.25) is 5.41 Å². The molecule has 3 nitrogen and oxygen atoms in total. The average molecular weight is 782 g/mol. The quantitative estimate of drug-likeness (QED) is 0.143. The number of fused-ring (bicyclic) bond motifs is 1. The van der Waals surface area contributed by atoms with Crippen molar-refractivity contribution in [1.29, 1.82) is 5.41 Å². The fourth-order valence-corrected chi connectivity index (χ4v) is 8.43. The Morgan fingerprint density at radius 3 is 1.66 bits per heavy atom. The van der Waals surface area contributed by atoms with E-state index in [4.69, 9.17) is 4.98 Å². The van der Waals surface area contributed by atoms with E-state index in [1.165, 1.54) is 5.57 Å². The van der Waals surface area contributed by atoms with Crippen molar-refractivity contribution in [3.8, 4) is 44.6 Å². The van der Waals surface area contributed by atoms with Gasteiger partial charge in [-0.25, -0.2) is 4.98 Å². The van der Waals surface area contributed by atoms with Crippen LogP contribution in [-0.2, 0) is 0 Å². The van der Waals surface area contributed by atoms with Gasteiger partial charge in [-0.2, -0.15) is 0 Å². The minimum atomic E-state index is 0.463. The largest absolute Gasteiger partial charge is 0.354 e. The van der Waals surface area contributed by atoms with Crippen LogP contribution in [0.25, 0.3) is 73.3 Å². The van der Waals surface area contributed by atoms with Gasteiger partial charge in [0.15, 0.2) is 0 Å². The van der Waals surface area contributed by atoms with Crippen LogP contribution < -0.4 is 5.32 Å². The molecule has 1 aliphatic carbocycles. The summed E-state index contributed by atoms with van der Waals surface area (Å²) in [5, 5.41) is 13.6. The molecule has 61 heavy (non-hydrogen) atoms. The highest BCUT2D eigenvalue weighted by Gasteiger charge is 2.26. The predicted molar refractivity (Wildman–Crippen MR) is 256 cm³/mol. The number of nitrogens with one attached hydrogen (secondary N) is 2. The Balaban J connectivity index is 1.04. The van der Waals surface area contributed by atoms with Gasteiger partial charge in [-0.05, 0) is 86.7 Å². The second-order valence-electron chi connectivity index (χ2n) is 15.5. The molecule has 2 heterocycles.